The van der Waals surface area contributed by atoms with Crippen molar-refractivity contribution in [3.05, 3.63) is 149 Å². The number of halogens is 2. The predicted octanol–water partition coefficient (Wildman–Crippen LogP) is 7.79. The normalized spacial score (nSPS) is 13.3. The van der Waals surface area contributed by atoms with Crippen LogP contribution in [-0.2, 0) is 17.0 Å². The summed E-state index contributed by atoms with van der Waals surface area (Å²) in [5, 5.41) is 9.99. The summed E-state index contributed by atoms with van der Waals surface area (Å²) in [6.45, 7) is 0. The Labute approximate surface area is 207 Å². The molecule has 1 N–H and O–H groups in total. The van der Waals surface area contributed by atoms with Crippen molar-refractivity contribution in [1.82, 2.24) is 0 Å². The SMILES string of the molecule is OC(c1ccccc1)c1ccccc1.[Cl][Ti][Cl].[c-]1ccccc1C1C=Cc2ccccc21. The van der Waals surface area contributed by atoms with Gasteiger partial charge >= 0.3 is 35.6 Å². The van der Waals surface area contributed by atoms with E-state index in [9.17, 15) is 5.11 Å². The van der Waals surface area contributed by atoms with Crippen LogP contribution in [0.2, 0.25) is 0 Å². The second-order valence-corrected chi connectivity index (χ2v) is 9.66. The average Bonchev–Trinajstić information content (AvgIpc) is 3.30. The number of fused-ring (bicyclic) bond motifs is 1. The summed E-state index contributed by atoms with van der Waals surface area (Å²) >= 11 is -0.556. The van der Waals surface area contributed by atoms with Crippen LogP contribution in [0.25, 0.3) is 6.08 Å². The third-order valence-corrected chi connectivity index (χ3v) is 5.10. The van der Waals surface area contributed by atoms with Gasteiger partial charge in [-0.3, -0.25) is 0 Å². The molecule has 32 heavy (non-hydrogen) atoms. The van der Waals surface area contributed by atoms with Crippen molar-refractivity contribution in [3.8, 4) is 0 Å². The van der Waals surface area contributed by atoms with E-state index in [0.717, 1.165) is 11.1 Å². The molecule has 0 bridgehead atoms. The molecule has 0 heterocycles. The van der Waals surface area contributed by atoms with Gasteiger partial charge in [-0.25, -0.2) is 0 Å². The van der Waals surface area contributed by atoms with Gasteiger partial charge in [0.1, 0.15) is 6.10 Å². The van der Waals surface area contributed by atoms with Gasteiger partial charge in [-0.1, -0.05) is 97.1 Å². The summed E-state index contributed by atoms with van der Waals surface area (Å²) in [5.41, 5.74) is 5.83. The van der Waals surface area contributed by atoms with Crippen LogP contribution in [0.3, 0.4) is 0 Å². The Balaban J connectivity index is 0.000000162. The van der Waals surface area contributed by atoms with Crippen LogP contribution in [0.5, 0.6) is 0 Å². The van der Waals surface area contributed by atoms with E-state index < -0.39 is 23.1 Å². The maximum absolute atomic E-state index is 9.99. The third kappa shape index (κ3) is 6.94. The predicted molar refractivity (Wildman–Crippen MR) is 131 cm³/mol. The fourth-order valence-corrected chi connectivity index (χ4v) is 3.58. The van der Waals surface area contributed by atoms with Crippen molar-refractivity contribution in [1.29, 1.82) is 0 Å². The van der Waals surface area contributed by atoms with E-state index in [2.05, 4.69) is 54.6 Å². The Kier molecular flexibility index (Phi) is 10.3. The first-order chi connectivity index (χ1) is 15.7. The number of aliphatic hydroxyl groups is 1. The van der Waals surface area contributed by atoms with Crippen LogP contribution in [0.1, 0.15) is 39.8 Å². The minimum absolute atomic E-state index is 0.391. The molecule has 5 rings (SSSR count). The van der Waals surface area contributed by atoms with Crippen molar-refractivity contribution in [2.45, 2.75) is 12.0 Å². The number of allylic oxidation sites excluding steroid dienone is 1. The zero-order valence-electron chi connectivity index (χ0n) is 17.4. The molecule has 4 aromatic carbocycles. The Bertz CT molecular complexity index is 1050. The first-order valence-electron chi connectivity index (χ1n) is 10.2. The van der Waals surface area contributed by atoms with Gasteiger partial charge in [-0.2, -0.15) is 35.9 Å². The van der Waals surface area contributed by atoms with Gasteiger partial charge in [-0.15, -0.1) is 0 Å². The molecule has 0 fully saturated rings. The maximum atomic E-state index is 9.99. The van der Waals surface area contributed by atoms with E-state index in [1.54, 1.807) is 0 Å². The van der Waals surface area contributed by atoms with Crippen LogP contribution in [0.4, 0.5) is 0 Å². The monoisotopic (exact) mass is 493 g/mol. The summed E-state index contributed by atoms with van der Waals surface area (Å²) in [6.07, 6.45) is 3.93. The van der Waals surface area contributed by atoms with Gasteiger partial charge < -0.3 is 5.11 Å². The summed E-state index contributed by atoms with van der Waals surface area (Å²) < 4.78 is 0. The first-order valence-corrected chi connectivity index (χ1v) is 14.5. The van der Waals surface area contributed by atoms with E-state index in [0.29, 0.717) is 5.92 Å². The Morgan fingerprint density at radius 3 is 1.81 bits per heavy atom. The van der Waals surface area contributed by atoms with E-state index in [1.165, 1.54) is 16.7 Å². The quantitative estimate of drug-likeness (QED) is 0.228. The summed E-state index contributed by atoms with van der Waals surface area (Å²) in [5.74, 6) is 0.391. The van der Waals surface area contributed by atoms with Crippen molar-refractivity contribution in [2.75, 3.05) is 0 Å². The Hall–Kier alpha value is -2.13. The largest absolute Gasteiger partial charge is 0.179 e. The number of hydrogen-bond acceptors (Lipinski definition) is 1. The van der Waals surface area contributed by atoms with Gasteiger partial charge in [0.15, 0.2) is 0 Å². The molecule has 0 amide bonds. The second kappa shape index (κ2) is 13.4. The van der Waals surface area contributed by atoms with Crippen LogP contribution in [0.15, 0.2) is 115 Å². The van der Waals surface area contributed by atoms with Crippen molar-refractivity contribution in [2.24, 2.45) is 0 Å². The standard InChI is InChI=1S/C15H11.C13H12O.2ClH.Ti/c1-2-6-12(7-3-1)15-11-10-13-8-4-5-9-14(13)15;14-13(11-7-3-1-4-8-11)12-9-5-2-6-10-12;;;/h1-6,8-11,15H;1-10,13-14H;2*1H;/q-1;;;;+2/p-2. The van der Waals surface area contributed by atoms with Gasteiger partial charge in [0.25, 0.3) is 0 Å². The molecule has 0 spiro atoms. The van der Waals surface area contributed by atoms with Crippen LogP contribution >= 0.6 is 18.6 Å². The summed E-state index contributed by atoms with van der Waals surface area (Å²) in [4.78, 5) is 0. The second-order valence-electron chi connectivity index (χ2n) is 7.08. The zero-order chi connectivity index (χ0) is 22.6. The van der Waals surface area contributed by atoms with Crippen molar-refractivity contribution in [3.63, 3.8) is 0 Å². The molecule has 1 atom stereocenters. The molecular formula is C28H23Cl2OTi-. The van der Waals surface area contributed by atoms with Gasteiger partial charge in [-0.05, 0) is 22.3 Å². The fraction of sp³-hybridized carbons (Fsp3) is 0.0714. The fourth-order valence-electron chi connectivity index (χ4n) is 3.58. The van der Waals surface area contributed by atoms with Crippen LogP contribution in [0, 0.1) is 6.07 Å². The molecule has 1 aliphatic carbocycles. The number of hydrogen-bond donors (Lipinski definition) is 1. The average molecular weight is 494 g/mol. The Morgan fingerprint density at radius 1 is 0.719 bits per heavy atom. The van der Waals surface area contributed by atoms with Crippen LogP contribution in [-0.4, -0.2) is 5.11 Å². The smallest absolute Gasteiger partial charge is 0.00525 e. The molecule has 160 valence electrons. The van der Waals surface area contributed by atoms with Crippen molar-refractivity contribution < 1.29 is 22.1 Å². The number of aliphatic hydroxyl groups excluding tert-OH is 1. The summed E-state index contributed by atoms with van der Waals surface area (Å²) in [6, 6.07) is 39.4. The molecule has 1 nitrogen and oxygen atoms in total. The van der Waals surface area contributed by atoms with E-state index >= 15 is 0 Å². The molecule has 0 saturated heterocycles. The number of rotatable bonds is 3. The minimum Gasteiger partial charge on any atom is -0.179 e. The molecule has 0 aliphatic heterocycles. The Morgan fingerprint density at radius 2 is 1.25 bits per heavy atom. The molecule has 0 aromatic heterocycles. The molecule has 1 unspecified atom stereocenters. The third-order valence-electron chi connectivity index (χ3n) is 5.10. The van der Waals surface area contributed by atoms with E-state index in [4.69, 9.17) is 18.6 Å². The first kappa shape index (κ1) is 24.5. The van der Waals surface area contributed by atoms with Gasteiger partial charge in [0.05, 0.1) is 0 Å². The van der Waals surface area contributed by atoms with E-state index in [1.807, 2.05) is 72.8 Å². The molecule has 1 aliphatic rings. The molecule has 0 saturated carbocycles. The molecular weight excluding hydrogens is 471 g/mol. The van der Waals surface area contributed by atoms with Crippen molar-refractivity contribution >= 4 is 24.7 Å². The molecule has 4 aromatic rings. The zero-order valence-corrected chi connectivity index (χ0v) is 20.5. The topological polar surface area (TPSA) is 20.2 Å². The molecule has 4 heteroatoms. The van der Waals surface area contributed by atoms with E-state index in [-0.39, 0.29) is 0 Å². The molecule has 0 radical (unpaired) electrons. The maximum Gasteiger partial charge on any atom is 0.00525 e. The number of benzene rings is 4. The van der Waals surface area contributed by atoms with Gasteiger partial charge in [0, 0.05) is 5.92 Å². The minimum atomic E-state index is -0.556. The summed E-state index contributed by atoms with van der Waals surface area (Å²) in [7, 11) is 9.78. The van der Waals surface area contributed by atoms with Gasteiger partial charge in [0.2, 0.25) is 0 Å². The van der Waals surface area contributed by atoms with Crippen LogP contribution < -0.4 is 0 Å².